The Hall–Kier alpha value is -1.35. The maximum Gasteiger partial charge on any atom is 0.323 e. The maximum absolute atomic E-state index is 12.0. The zero-order valence-corrected chi connectivity index (χ0v) is 11.3. The Morgan fingerprint density at radius 3 is 2.50 bits per heavy atom. The van der Waals surface area contributed by atoms with Crippen LogP contribution in [0.5, 0.6) is 0 Å². The molecule has 1 fully saturated rings. The molecule has 0 bridgehead atoms. The fraction of sp³-hybridized carbons (Fsp3) is 0.533. The highest BCUT2D eigenvalue weighted by molar-refractivity contribution is 5.76. The molecule has 3 heteroatoms. The van der Waals surface area contributed by atoms with Gasteiger partial charge < -0.3 is 4.74 Å². The summed E-state index contributed by atoms with van der Waals surface area (Å²) in [6.07, 6.45) is 1.82. The van der Waals surface area contributed by atoms with Gasteiger partial charge in [-0.15, -0.1) is 0 Å². The van der Waals surface area contributed by atoms with E-state index >= 15 is 0 Å². The molecule has 1 saturated heterocycles. The number of benzene rings is 1. The molecule has 1 heterocycles. The molecular weight excluding hydrogens is 226 g/mol. The molecule has 1 aromatic rings. The third kappa shape index (κ3) is 3.33. The number of carbonyl (C=O) groups is 1. The first-order valence-electron chi connectivity index (χ1n) is 6.49. The van der Waals surface area contributed by atoms with Crippen LogP contribution in [-0.4, -0.2) is 17.6 Å². The molecule has 0 amide bonds. The van der Waals surface area contributed by atoms with E-state index in [1.807, 2.05) is 39.0 Å². The van der Waals surface area contributed by atoms with E-state index in [-0.39, 0.29) is 18.1 Å². The van der Waals surface area contributed by atoms with E-state index in [1.54, 1.807) is 0 Å². The number of carbonyl (C=O) groups excluding carboxylic acids is 1. The standard InChI is InChI=1S/C15H21NO2/c1-15(2,3)18-14(17)13-10-9-12(16-13)11-7-5-4-6-8-11/h4-8,12-13,16H,9-10H2,1-3H3/t12-,13+/m0/s1. The minimum atomic E-state index is -0.413. The smallest absolute Gasteiger partial charge is 0.323 e. The molecule has 1 N–H and O–H groups in total. The van der Waals surface area contributed by atoms with E-state index in [4.69, 9.17) is 4.74 Å². The van der Waals surface area contributed by atoms with E-state index in [1.165, 1.54) is 5.56 Å². The lowest BCUT2D eigenvalue weighted by molar-refractivity contribution is -0.157. The number of ether oxygens (including phenoxy) is 1. The molecule has 18 heavy (non-hydrogen) atoms. The molecule has 3 nitrogen and oxygen atoms in total. The molecular formula is C15H21NO2. The summed E-state index contributed by atoms with van der Waals surface area (Å²) in [5.74, 6) is -0.138. The number of nitrogens with one attached hydrogen (secondary N) is 1. The Balaban J connectivity index is 1.95. The number of hydrogen-bond donors (Lipinski definition) is 1. The van der Waals surface area contributed by atoms with Crippen molar-refractivity contribution in [3.8, 4) is 0 Å². The maximum atomic E-state index is 12.0. The molecule has 0 spiro atoms. The fourth-order valence-electron chi connectivity index (χ4n) is 2.25. The normalized spacial score (nSPS) is 23.9. The first kappa shape index (κ1) is 13.1. The van der Waals surface area contributed by atoms with Gasteiger partial charge in [0.25, 0.3) is 0 Å². The molecule has 0 aliphatic carbocycles. The Labute approximate surface area is 109 Å². The molecule has 2 rings (SSSR count). The zero-order chi connectivity index (χ0) is 13.2. The number of esters is 1. The average Bonchev–Trinajstić information content (AvgIpc) is 2.77. The first-order chi connectivity index (χ1) is 8.46. The Morgan fingerprint density at radius 2 is 1.89 bits per heavy atom. The quantitative estimate of drug-likeness (QED) is 0.817. The van der Waals surface area contributed by atoms with Gasteiger partial charge in [-0.05, 0) is 39.2 Å². The van der Waals surface area contributed by atoms with Crippen LogP contribution in [0.25, 0.3) is 0 Å². The van der Waals surface area contributed by atoms with Crippen molar-refractivity contribution in [2.75, 3.05) is 0 Å². The minimum absolute atomic E-state index is 0.138. The van der Waals surface area contributed by atoms with Crippen molar-refractivity contribution in [1.29, 1.82) is 0 Å². The van der Waals surface area contributed by atoms with Crippen molar-refractivity contribution in [2.24, 2.45) is 0 Å². The van der Waals surface area contributed by atoms with Crippen LogP contribution in [0.4, 0.5) is 0 Å². The number of hydrogen-bond acceptors (Lipinski definition) is 3. The lowest BCUT2D eigenvalue weighted by atomic mass is 10.1. The Bertz CT molecular complexity index is 408. The summed E-state index contributed by atoms with van der Waals surface area (Å²) in [6.45, 7) is 5.69. The summed E-state index contributed by atoms with van der Waals surface area (Å²) in [5.41, 5.74) is 0.826. The van der Waals surface area contributed by atoms with Crippen LogP contribution in [0.2, 0.25) is 0 Å². The third-order valence-corrected chi connectivity index (χ3v) is 3.04. The second-order valence-corrected chi connectivity index (χ2v) is 5.79. The van der Waals surface area contributed by atoms with Crippen molar-refractivity contribution in [3.63, 3.8) is 0 Å². The summed E-state index contributed by atoms with van der Waals surface area (Å²) >= 11 is 0. The summed E-state index contributed by atoms with van der Waals surface area (Å²) in [5, 5.41) is 3.36. The first-order valence-corrected chi connectivity index (χ1v) is 6.49. The van der Waals surface area contributed by atoms with Crippen LogP contribution in [0.3, 0.4) is 0 Å². The molecule has 1 aliphatic heterocycles. The van der Waals surface area contributed by atoms with Gasteiger partial charge in [-0.3, -0.25) is 10.1 Å². The van der Waals surface area contributed by atoms with Gasteiger partial charge in [0.2, 0.25) is 0 Å². The van der Waals surface area contributed by atoms with Crippen molar-refractivity contribution < 1.29 is 9.53 Å². The highest BCUT2D eigenvalue weighted by atomic mass is 16.6. The lowest BCUT2D eigenvalue weighted by Crippen LogP contribution is -2.38. The largest absolute Gasteiger partial charge is 0.459 e. The van der Waals surface area contributed by atoms with E-state index in [0.717, 1.165) is 12.8 Å². The van der Waals surface area contributed by atoms with E-state index in [0.29, 0.717) is 0 Å². The molecule has 0 aromatic heterocycles. The van der Waals surface area contributed by atoms with Crippen molar-refractivity contribution in [3.05, 3.63) is 35.9 Å². The van der Waals surface area contributed by atoms with Gasteiger partial charge in [0.05, 0.1) is 0 Å². The van der Waals surface area contributed by atoms with Crippen molar-refractivity contribution in [2.45, 2.75) is 51.3 Å². The highest BCUT2D eigenvalue weighted by Crippen LogP contribution is 2.27. The Morgan fingerprint density at radius 1 is 1.22 bits per heavy atom. The van der Waals surface area contributed by atoms with Crippen molar-refractivity contribution in [1.82, 2.24) is 5.32 Å². The van der Waals surface area contributed by atoms with E-state index in [2.05, 4.69) is 17.4 Å². The monoisotopic (exact) mass is 247 g/mol. The molecule has 1 aromatic carbocycles. The van der Waals surface area contributed by atoms with E-state index in [9.17, 15) is 4.79 Å². The average molecular weight is 247 g/mol. The van der Waals surface area contributed by atoms with Gasteiger partial charge in [0.15, 0.2) is 0 Å². The van der Waals surface area contributed by atoms with Crippen LogP contribution in [0.15, 0.2) is 30.3 Å². The van der Waals surface area contributed by atoms with Crippen LogP contribution >= 0.6 is 0 Å². The number of rotatable bonds is 2. The molecule has 1 aliphatic rings. The van der Waals surface area contributed by atoms with Crippen LogP contribution < -0.4 is 5.32 Å². The molecule has 2 atom stereocenters. The SMILES string of the molecule is CC(C)(C)OC(=O)[C@H]1CC[C@@H](c2ccccc2)N1. The van der Waals surface area contributed by atoms with Crippen molar-refractivity contribution >= 4 is 5.97 Å². The lowest BCUT2D eigenvalue weighted by Gasteiger charge is -2.22. The second kappa shape index (κ2) is 5.11. The highest BCUT2D eigenvalue weighted by Gasteiger charge is 2.32. The van der Waals surface area contributed by atoms with Gasteiger partial charge in [-0.1, -0.05) is 30.3 Å². The topological polar surface area (TPSA) is 38.3 Å². The van der Waals surface area contributed by atoms with Gasteiger partial charge in [0, 0.05) is 6.04 Å². The summed E-state index contributed by atoms with van der Waals surface area (Å²) in [6, 6.07) is 10.3. The Kier molecular flexibility index (Phi) is 3.71. The molecule has 0 unspecified atom stereocenters. The van der Waals surface area contributed by atoms with E-state index < -0.39 is 5.60 Å². The summed E-state index contributed by atoms with van der Waals surface area (Å²) in [4.78, 5) is 12.0. The second-order valence-electron chi connectivity index (χ2n) is 5.79. The van der Waals surface area contributed by atoms with Crippen LogP contribution in [0, 0.1) is 0 Å². The molecule has 0 radical (unpaired) electrons. The zero-order valence-electron chi connectivity index (χ0n) is 11.3. The van der Waals surface area contributed by atoms with Gasteiger partial charge in [-0.25, -0.2) is 0 Å². The molecule has 0 saturated carbocycles. The molecule has 98 valence electrons. The van der Waals surface area contributed by atoms with Gasteiger partial charge in [0.1, 0.15) is 11.6 Å². The van der Waals surface area contributed by atoms with Crippen LogP contribution in [-0.2, 0) is 9.53 Å². The summed E-state index contributed by atoms with van der Waals surface area (Å²) < 4.78 is 5.40. The third-order valence-electron chi connectivity index (χ3n) is 3.04. The van der Waals surface area contributed by atoms with Gasteiger partial charge in [-0.2, -0.15) is 0 Å². The summed E-state index contributed by atoms with van der Waals surface area (Å²) in [7, 11) is 0. The minimum Gasteiger partial charge on any atom is -0.459 e. The fourth-order valence-corrected chi connectivity index (χ4v) is 2.25. The van der Waals surface area contributed by atoms with Gasteiger partial charge >= 0.3 is 5.97 Å². The van der Waals surface area contributed by atoms with Crippen LogP contribution in [0.1, 0.15) is 45.2 Å². The predicted octanol–water partition coefficient (Wildman–Crippen LogP) is 2.82. The predicted molar refractivity (Wildman–Crippen MR) is 71.2 cm³/mol.